The second-order valence-electron chi connectivity index (χ2n) is 10.1. The Bertz CT molecular complexity index is 2190. The number of hydrogen-bond acceptors (Lipinski definition) is 6. The van der Waals surface area contributed by atoms with Crippen molar-refractivity contribution in [2.75, 3.05) is 27.2 Å². The van der Waals surface area contributed by atoms with Gasteiger partial charge in [-0.3, -0.25) is 19.2 Å². The number of halogens is 2. The summed E-state index contributed by atoms with van der Waals surface area (Å²) in [5, 5.41) is 3.07. The molecular formula is C30H23F2N3O5. The maximum atomic E-state index is 15.0. The number of rotatable bonds is 6. The highest BCUT2D eigenvalue weighted by Gasteiger charge is 2.24. The Hall–Kier alpha value is -4.70. The van der Waals surface area contributed by atoms with E-state index < -0.39 is 39.4 Å². The molecule has 1 N–H and O–H groups in total. The van der Waals surface area contributed by atoms with E-state index in [4.69, 9.17) is 4.42 Å². The largest absolute Gasteiger partial charge is 0.450 e. The zero-order valence-corrected chi connectivity index (χ0v) is 21.6. The molecule has 8 nitrogen and oxygen atoms in total. The first-order valence-corrected chi connectivity index (χ1v) is 12.7. The van der Waals surface area contributed by atoms with Crippen molar-refractivity contribution < 1.29 is 18.0 Å². The Morgan fingerprint density at radius 1 is 0.900 bits per heavy atom. The number of benzene rings is 4. The molecule has 0 aliphatic heterocycles. The molecule has 10 heteroatoms. The lowest BCUT2D eigenvalue weighted by Crippen LogP contribution is -2.30. The number of fused-ring (bicyclic) bond motifs is 4. The normalized spacial score (nSPS) is 12.0. The smallest absolute Gasteiger partial charge is 0.256 e. The van der Waals surface area contributed by atoms with Crippen LogP contribution in [0, 0.1) is 11.6 Å². The molecule has 0 radical (unpaired) electrons. The van der Waals surface area contributed by atoms with E-state index in [-0.39, 0.29) is 49.1 Å². The van der Waals surface area contributed by atoms with E-state index in [1.807, 2.05) is 19.0 Å². The van der Waals surface area contributed by atoms with Crippen LogP contribution in [-0.4, -0.2) is 42.4 Å². The monoisotopic (exact) mass is 543 g/mol. The summed E-state index contributed by atoms with van der Waals surface area (Å²) in [5.41, 5.74) is -2.35. The minimum Gasteiger partial charge on any atom is -0.450 e. The summed E-state index contributed by atoms with van der Waals surface area (Å²) >= 11 is 0. The Morgan fingerprint density at radius 2 is 1.57 bits per heavy atom. The SMILES string of the molecule is CN(C)CCCCNC(=O)c1cn2c3cc4c(=O)c5ccccc5c(=O)c4cc3oc3c(F)c(F)cc(c1=O)c32. The molecule has 2 aromatic heterocycles. The van der Waals surface area contributed by atoms with E-state index in [2.05, 4.69) is 5.32 Å². The van der Waals surface area contributed by atoms with Gasteiger partial charge in [0.1, 0.15) is 11.1 Å². The molecule has 40 heavy (non-hydrogen) atoms. The van der Waals surface area contributed by atoms with Crippen molar-refractivity contribution in [1.29, 1.82) is 0 Å². The molecule has 6 rings (SSSR count). The Morgan fingerprint density at radius 3 is 2.25 bits per heavy atom. The van der Waals surface area contributed by atoms with Crippen molar-refractivity contribution in [2.24, 2.45) is 0 Å². The fourth-order valence-electron chi connectivity index (χ4n) is 5.19. The van der Waals surface area contributed by atoms with Gasteiger partial charge in [-0.05, 0) is 51.7 Å². The highest BCUT2D eigenvalue weighted by atomic mass is 19.2. The van der Waals surface area contributed by atoms with E-state index >= 15 is 0 Å². The number of aromatic nitrogens is 1. The lowest BCUT2D eigenvalue weighted by molar-refractivity contribution is 0.0951. The van der Waals surface area contributed by atoms with Gasteiger partial charge in [-0.1, -0.05) is 24.3 Å². The highest BCUT2D eigenvalue weighted by Crippen LogP contribution is 2.31. The highest BCUT2D eigenvalue weighted by molar-refractivity contribution is 6.06. The van der Waals surface area contributed by atoms with Crippen molar-refractivity contribution in [2.45, 2.75) is 12.8 Å². The number of unbranched alkanes of at least 4 members (excludes halogenated alkanes) is 1. The fourth-order valence-corrected chi connectivity index (χ4v) is 5.19. The summed E-state index contributed by atoms with van der Waals surface area (Å²) in [6.07, 6.45) is 2.74. The first-order valence-electron chi connectivity index (χ1n) is 12.7. The molecule has 0 saturated heterocycles. The zero-order valence-electron chi connectivity index (χ0n) is 21.6. The number of nitrogens with zero attached hydrogens (tertiary/aromatic N) is 2. The van der Waals surface area contributed by atoms with Crippen LogP contribution in [0.3, 0.4) is 0 Å². The molecular weight excluding hydrogens is 520 g/mol. The van der Waals surface area contributed by atoms with Gasteiger partial charge in [0.25, 0.3) is 5.91 Å². The van der Waals surface area contributed by atoms with Crippen molar-refractivity contribution >= 4 is 55.0 Å². The first kappa shape index (κ1) is 25.6. The molecule has 1 amide bonds. The minimum atomic E-state index is -1.33. The van der Waals surface area contributed by atoms with Crippen molar-refractivity contribution in [1.82, 2.24) is 14.6 Å². The summed E-state index contributed by atoms with van der Waals surface area (Å²) in [4.78, 5) is 55.0. The van der Waals surface area contributed by atoms with Gasteiger partial charge in [0, 0.05) is 34.3 Å². The molecule has 0 aliphatic carbocycles. The predicted octanol–water partition coefficient (Wildman–Crippen LogP) is 4.01. The van der Waals surface area contributed by atoms with Gasteiger partial charge in [0.05, 0.1) is 10.9 Å². The topological polar surface area (TPSA) is 101 Å². The van der Waals surface area contributed by atoms with Crippen LogP contribution in [0.1, 0.15) is 23.2 Å². The maximum Gasteiger partial charge on any atom is 0.256 e. The van der Waals surface area contributed by atoms with Gasteiger partial charge in [0.2, 0.25) is 11.2 Å². The second kappa shape index (κ2) is 9.49. The molecule has 0 fully saturated rings. The van der Waals surface area contributed by atoms with Gasteiger partial charge < -0.3 is 19.0 Å². The van der Waals surface area contributed by atoms with Crippen LogP contribution < -0.4 is 21.6 Å². The molecule has 0 spiro atoms. The molecule has 6 aromatic rings. The number of carbonyl (C=O) groups excluding carboxylic acids is 1. The molecule has 0 aliphatic rings. The van der Waals surface area contributed by atoms with Crippen molar-refractivity contribution in [3.63, 3.8) is 0 Å². The molecule has 0 atom stereocenters. The van der Waals surface area contributed by atoms with Gasteiger partial charge in [0.15, 0.2) is 27.8 Å². The number of amides is 1. The van der Waals surface area contributed by atoms with Crippen LogP contribution >= 0.6 is 0 Å². The summed E-state index contributed by atoms with van der Waals surface area (Å²) < 4.78 is 36.7. The molecule has 0 unspecified atom stereocenters. The Labute approximate surface area is 224 Å². The maximum absolute atomic E-state index is 15.0. The van der Waals surface area contributed by atoms with Crippen molar-refractivity contribution in [3.8, 4) is 0 Å². The summed E-state index contributed by atoms with van der Waals surface area (Å²) in [6, 6.07) is 9.85. The van der Waals surface area contributed by atoms with E-state index in [1.54, 1.807) is 24.3 Å². The minimum absolute atomic E-state index is 0.0312. The third-order valence-electron chi connectivity index (χ3n) is 7.18. The molecule has 0 bridgehead atoms. The Balaban J connectivity index is 1.63. The van der Waals surface area contributed by atoms with E-state index in [0.717, 1.165) is 19.0 Å². The lowest BCUT2D eigenvalue weighted by atomic mass is 10.0. The summed E-state index contributed by atoms with van der Waals surface area (Å²) in [7, 11) is 3.88. The van der Waals surface area contributed by atoms with Crippen molar-refractivity contribution in [3.05, 3.63) is 96.5 Å². The summed E-state index contributed by atoms with van der Waals surface area (Å²) in [6.45, 7) is 1.15. The number of hydrogen-bond donors (Lipinski definition) is 1. The van der Waals surface area contributed by atoms with Crippen LogP contribution in [0.25, 0.3) is 49.1 Å². The number of nitrogens with one attached hydrogen (secondary N) is 1. The average Bonchev–Trinajstić information content (AvgIpc) is 2.94. The van der Waals surface area contributed by atoms with E-state index in [9.17, 15) is 28.0 Å². The quantitative estimate of drug-likeness (QED) is 0.194. The third kappa shape index (κ3) is 3.91. The lowest BCUT2D eigenvalue weighted by Gasteiger charge is -2.14. The summed E-state index contributed by atoms with van der Waals surface area (Å²) in [5.74, 6) is -3.32. The van der Waals surface area contributed by atoms with E-state index in [0.29, 0.717) is 13.0 Å². The van der Waals surface area contributed by atoms with E-state index in [1.165, 1.54) is 22.7 Å². The van der Waals surface area contributed by atoms with Crippen LogP contribution in [0.15, 0.2) is 67.5 Å². The van der Waals surface area contributed by atoms with Gasteiger partial charge in [-0.25, -0.2) is 4.39 Å². The third-order valence-corrected chi connectivity index (χ3v) is 7.18. The first-order chi connectivity index (χ1) is 19.2. The molecule has 2 heterocycles. The van der Waals surface area contributed by atoms with Gasteiger partial charge >= 0.3 is 0 Å². The predicted molar refractivity (Wildman–Crippen MR) is 150 cm³/mol. The number of pyridine rings is 1. The van der Waals surface area contributed by atoms with Crippen LogP contribution in [0.4, 0.5) is 8.78 Å². The average molecular weight is 544 g/mol. The fraction of sp³-hybridized carbons (Fsp3) is 0.200. The van der Waals surface area contributed by atoms with Gasteiger partial charge in [-0.15, -0.1) is 0 Å². The number of carbonyl (C=O) groups is 1. The zero-order chi connectivity index (χ0) is 28.3. The molecule has 202 valence electrons. The standard InChI is InChI=1S/C30H23F2N3O5/c1-34(2)10-6-5-9-33-30(39)20-14-35-22-12-17-18(27(37)16-8-4-3-7-15(16)26(17)36)13-23(22)40-29-24(32)21(31)11-19(25(29)35)28(20)38/h3-4,7-8,11-14H,5-6,9-10H2,1-2H3,(H,33,39). The van der Waals surface area contributed by atoms with Crippen LogP contribution in [0.2, 0.25) is 0 Å². The van der Waals surface area contributed by atoms with Crippen LogP contribution in [0.5, 0.6) is 0 Å². The second-order valence-corrected chi connectivity index (χ2v) is 10.1. The van der Waals surface area contributed by atoms with Gasteiger partial charge in [-0.2, -0.15) is 4.39 Å². The molecule has 4 aromatic carbocycles. The Kier molecular flexibility index (Phi) is 6.07. The van der Waals surface area contributed by atoms with Crippen LogP contribution in [-0.2, 0) is 0 Å². The molecule has 0 saturated carbocycles.